The number of carbonyl (C=O) groups is 1. The van der Waals surface area contributed by atoms with E-state index in [1.165, 1.54) is 33.5 Å². The van der Waals surface area contributed by atoms with Crippen LogP contribution in [0.2, 0.25) is 5.02 Å². The molecule has 0 saturated heterocycles. The minimum Gasteiger partial charge on any atom is -0.492 e. The number of esters is 1. The minimum absolute atomic E-state index is 0.206. The summed E-state index contributed by atoms with van der Waals surface area (Å²) in [5.41, 5.74) is 0.237. The van der Waals surface area contributed by atoms with Crippen LogP contribution in [0, 0.1) is 0 Å². The molecule has 1 unspecified atom stereocenters. The van der Waals surface area contributed by atoms with Crippen molar-refractivity contribution in [3.8, 4) is 11.5 Å². The molecule has 0 spiro atoms. The smallest absolute Gasteiger partial charge is 0.339 e. The maximum Gasteiger partial charge on any atom is 0.339 e. The maximum atomic E-state index is 11.3. The summed E-state index contributed by atoms with van der Waals surface area (Å²) < 4.78 is 14.6. The molecule has 94 valence electrons. The molecule has 0 aliphatic heterocycles. The van der Waals surface area contributed by atoms with Gasteiger partial charge in [-0.25, -0.2) is 4.79 Å². The van der Waals surface area contributed by atoms with Crippen molar-refractivity contribution in [1.82, 2.24) is 0 Å². The predicted octanol–water partition coefficient (Wildman–Crippen LogP) is 1.56. The molecule has 6 heteroatoms. The number of aliphatic hydroxyl groups is 1. The molecule has 0 aliphatic carbocycles. The van der Waals surface area contributed by atoms with E-state index in [-0.39, 0.29) is 17.1 Å². The van der Waals surface area contributed by atoms with Crippen LogP contribution in [0.15, 0.2) is 12.1 Å². The van der Waals surface area contributed by atoms with Gasteiger partial charge in [0.05, 0.1) is 26.4 Å². The predicted molar refractivity (Wildman–Crippen MR) is 61.5 cm³/mol. The molecule has 0 bridgehead atoms. The first-order chi connectivity index (χ1) is 8.06. The summed E-state index contributed by atoms with van der Waals surface area (Å²) in [5, 5.41) is 10.1. The fraction of sp³-hybridized carbons (Fsp3) is 0.364. The molecule has 1 aromatic rings. The second kappa shape index (κ2) is 5.75. The van der Waals surface area contributed by atoms with Crippen molar-refractivity contribution >= 4 is 17.6 Å². The van der Waals surface area contributed by atoms with Gasteiger partial charge in [0.2, 0.25) is 0 Å². The lowest BCUT2D eigenvalue weighted by atomic mass is 10.1. The number of methoxy groups -OCH3 is 3. The number of aliphatic hydroxyl groups excluding tert-OH is 1. The van der Waals surface area contributed by atoms with Crippen LogP contribution >= 0.6 is 11.6 Å². The van der Waals surface area contributed by atoms with Crippen LogP contribution in [-0.4, -0.2) is 32.4 Å². The second-order valence-electron chi connectivity index (χ2n) is 3.13. The first kappa shape index (κ1) is 13.6. The summed E-state index contributed by atoms with van der Waals surface area (Å²) in [5.74, 6) is -0.319. The Morgan fingerprint density at radius 2 is 1.82 bits per heavy atom. The highest BCUT2D eigenvalue weighted by Gasteiger charge is 2.25. The van der Waals surface area contributed by atoms with Gasteiger partial charge in [-0.3, -0.25) is 0 Å². The average Bonchev–Trinajstić information content (AvgIpc) is 2.36. The molecular formula is C11H13ClO5. The summed E-state index contributed by atoms with van der Waals surface area (Å²) in [6.07, 6.45) is -1.44. The summed E-state index contributed by atoms with van der Waals surface area (Å²) in [4.78, 5) is 11.3. The molecule has 1 aromatic carbocycles. The molecule has 0 saturated carbocycles. The Kier molecular flexibility index (Phi) is 4.60. The van der Waals surface area contributed by atoms with Crippen molar-refractivity contribution in [1.29, 1.82) is 0 Å². The van der Waals surface area contributed by atoms with Crippen LogP contribution in [0.25, 0.3) is 0 Å². The molecule has 0 heterocycles. The lowest BCUT2D eigenvalue weighted by Crippen LogP contribution is -2.14. The minimum atomic E-state index is -1.44. The standard InChI is InChI=1S/C11H13ClO5/c1-15-9-6(8(13)11(14)17-3)4-5-7(12)10(9)16-2/h4-5,8,13H,1-3H3. The zero-order valence-corrected chi connectivity index (χ0v) is 10.4. The lowest BCUT2D eigenvalue weighted by Gasteiger charge is -2.16. The van der Waals surface area contributed by atoms with E-state index in [0.29, 0.717) is 5.02 Å². The Morgan fingerprint density at radius 3 is 2.29 bits per heavy atom. The molecule has 0 amide bonds. The van der Waals surface area contributed by atoms with Crippen LogP contribution < -0.4 is 9.47 Å². The largest absolute Gasteiger partial charge is 0.492 e. The van der Waals surface area contributed by atoms with E-state index in [9.17, 15) is 9.90 Å². The molecule has 0 aromatic heterocycles. The third kappa shape index (κ3) is 2.62. The Morgan fingerprint density at radius 1 is 1.24 bits per heavy atom. The molecule has 0 radical (unpaired) electrons. The molecule has 1 N–H and O–H groups in total. The van der Waals surface area contributed by atoms with E-state index in [2.05, 4.69) is 4.74 Å². The van der Waals surface area contributed by atoms with Gasteiger partial charge in [-0.15, -0.1) is 0 Å². The third-order valence-electron chi connectivity index (χ3n) is 2.22. The normalized spacial score (nSPS) is 11.8. The number of hydrogen-bond donors (Lipinski definition) is 1. The van der Waals surface area contributed by atoms with Crippen molar-refractivity contribution in [2.24, 2.45) is 0 Å². The first-order valence-electron chi connectivity index (χ1n) is 4.73. The van der Waals surface area contributed by atoms with Crippen molar-refractivity contribution in [3.63, 3.8) is 0 Å². The zero-order valence-electron chi connectivity index (χ0n) is 9.69. The summed E-state index contributed by atoms with van der Waals surface area (Å²) in [7, 11) is 3.99. The fourth-order valence-corrected chi connectivity index (χ4v) is 1.63. The highest BCUT2D eigenvalue weighted by molar-refractivity contribution is 6.32. The van der Waals surface area contributed by atoms with E-state index < -0.39 is 12.1 Å². The SMILES string of the molecule is COC(=O)C(O)c1ccc(Cl)c(OC)c1OC. The molecule has 0 aliphatic rings. The molecule has 17 heavy (non-hydrogen) atoms. The lowest BCUT2D eigenvalue weighted by molar-refractivity contribution is -0.150. The Balaban J connectivity index is 3.29. The van der Waals surface area contributed by atoms with Gasteiger partial charge in [0, 0.05) is 5.56 Å². The Hall–Kier alpha value is -1.46. The summed E-state index contributed by atoms with van der Waals surface area (Å²) >= 11 is 5.90. The van der Waals surface area contributed by atoms with Gasteiger partial charge in [0.15, 0.2) is 17.6 Å². The van der Waals surface area contributed by atoms with E-state index >= 15 is 0 Å². The Labute approximate surface area is 104 Å². The molecule has 1 atom stereocenters. The monoisotopic (exact) mass is 260 g/mol. The number of rotatable bonds is 4. The van der Waals surface area contributed by atoms with Crippen molar-refractivity contribution < 1.29 is 24.1 Å². The van der Waals surface area contributed by atoms with E-state index in [1.807, 2.05) is 0 Å². The van der Waals surface area contributed by atoms with E-state index in [1.54, 1.807) is 0 Å². The van der Waals surface area contributed by atoms with Crippen LogP contribution in [-0.2, 0) is 9.53 Å². The van der Waals surface area contributed by atoms with Crippen LogP contribution in [0.1, 0.15) is 11.7 Å². The van der Waals surface area contributed by atoms with Gasteiger partial charge in [-0.2, -0.15) is 0 Å². The number of halogens is 1. The second-order valence-corrected chi connectivity index (χ2v) is 3.54. The van der Waals surface area contributed by atoms with Gasteiger partial charge in [0.1, 0.15) is 0 Å². The van der Waals surface area contributed by atoms with Crippen molar-refractivity contribution in [2.75, 3.05) is 21.3 Å². The van der Waals surface area contributed by atoms with Crippen molar-refractivity contribution in [2.45, 2.75) is 6.10 Å². The maximum absolute atomic E-state index is 11.3. The van der Waals surface area contributed by atoms with Crippen LogP contribution in [0.5, 0.6) is 11.5 Å². The fourth-order valence-electron chi connectivity index (χ4n) is 1.41. The number of benzene rings is 1. The average molecular weight is 261 g/mol. The highest BCUT2D eigenvalue weighted by Crippen LogP contribution is 2.40. The van der Waals surface area contributed by atoms with Gasteiger partial charge in [0.25, 0.3) is 0 Å². The summed E-state index contributed by atoms with van der Waals surface area (Å²) in [6, 6.07) is 2.98. The molecule has 0 fully saturated rings. The Bertz CT molecular complexity index is 419. The van der Waals surface area contributed by atoms with Gasteiger partial charge < -0.3 is 19.3 Å². The molecular weight excluding hydrogens is 248 g/mol. The topological polar surface area (TPSA) is 65.0 Å². The van der Waals surface area contributed by atoms with E-state index in [0.717, 1.165) is 0 Å². The highest BCUT2D eigenvalue weighted by atomic mass is 35.5. The number of carbonyl (C=O) groups excluding carboxylic acids is 1. The molecule has 1 rings (SSSR count). The number of hydrogen-bond acceptors (Lipinski definition) is 5. The van der Waals surface area contributed by atoms with Gasteiger partial charge in [-0.05, 0) is 6.07 Å². The van der Waals surface area contributed by atoms with Gasteiger partial charge >= 0.3 is 5.97 Å². The van der Waals surface area contributed by atoms with Crippen LogP contribution in [0.4, 0.5) is 0 Å². The summed E-state index contributed by atoms with van der Waals surface area (Å²) in [6.45, 7) is 0. The third-order valence-corrected chi connectivity index (χ3v) is 2.52. The van der Waals surface area contributed by atoms with Crippen molar-refractivity contribution in [3.05, 3.63) is 22.7 Å². The number of ether oxygens (including phenoxy) is 3. The van der Waals surface area contributed by atoms with Crippen LogP contribution in [0.3, 0.4) is 0 Å². The first-order valence-corrected chi connectivity index (χ1v) is 5.10. The quantitative estimate of drug-likeness (QED) is 0.833. The van der Waals surface area contributed by atoms with E-state index in [4.69, 9.17) is 21.1 Å². The van der Waals surface area contributed by atoms with Gasteiger partial charge in [-0.1, -0.05) is 17.7 Å². The zero-order chi connectivity index (χ0) is 13.0. The molecule has 5 nitrogen and oxygen atoms in total.